The smallest absolute Gasteiger partial charge is 0.324 e. The van der Waals surface area contributed by atoms with E-state index in [1.807, 2.05) is 40.7 Å². The molecule has 6 bridgehead atoms. The van der Waals surface area contributed by atoms with Crippen molar-refractivity contribution in [3.63, 3.8) is 0 Å². The average Bonchev–Trinajstić information content (AvgIpc) is 3.96. The van der Waals surface area contributed by atoms with Crippen LogP contribution in [0.1, 0.15) is 112 Å². The molecule has 7 heterocycles. The summed E-state index contributed by atoms with van der Waals surface area (Å²) >= 11 is 0. The summed E-state index contributed by atoms with van der Waals surface area (Å²) in [6.07, 6.45) is 4.34. The van der Waals surface area contributed by atoms with E-state index in [0.29, 0.717) is 58.5 Å². The van der Waals surface area contributed by atoms with E-state index in [2.05, 4.69) is 88.9 Å². The van der Waals surface area contributed by atoms with Gasteiger partial charge in [-0.05, 0) is 114 Å². The standard InChI is InChI=1S/C56H79N9O8/c1-12-63-45-19-18-39-30-41(45)42(50(63)40-16-13-23-57-48(40)37(5)71-11)32-55(6,7)34-73-54(70)43-17-14-26-65(59-43)53(69)44(31-46-36(4)64(39)28-29-72-46)58-51(67)49(35(2)3)60(10)52(68)38-21-27-61(33-38)47(66)20-22-56(8,9)62-24-15-25-62/h13,16,18-19,23,30,35-38,43-44,46,49,59H,12,14-15,17,21,24-29,31-34H2,1-11H3,(H,58,67)/t36-,37+,38+,43+,44+,46+,49?/m1/s1. The topological polar surface area (TPSA) is 171 Å². The van der Waals surface area contributed by atoms with E-state index in [4.69, 9.17) is 19.2 Å². The quantitative estimate of drug-likeness (QED) is 0.198. The van der Waals surface area contributed by atoms with Crippen molar-refractivity contribution in [3.8, 4) is 23.1 Å². The number of hydrogen-bond donors (Lipinski definition) is 2. The van der Waals surface area contributed by atoms with Gasteiger partial charge in [0.1, 0.15) is 18.1 Å². The maximum absolute atomic E-state index is 14.9. The number of nitrogens with zero attached hydrogens (tertiary/aromatic N) is 7. The average molecular weight is 1010 g/mol. The largest absolute Gasteiger partial charge is 0.464 e. The molecule has 8 rings (SSSR count). The molecule has 73 heavy (non-hydrogen) atoms. The molecular weight excluding hydrogens is 927 g/mol. The highest BCUT2D eigenvalue weighted by Crippen LogP contribution is 2.42. The minimum absolute atomic E-state index is 0.132. The van der Waals surface area contributed by atoms with Crippen LogP contribution in [0.25, 0.3) is 22.2 Å². The summed E-state index contributed by atoms with van der Waals surface area (Å²) in [5.74, 6) is 3.26. The van der Waals surface area contributed by atoms with Gasteiger partial charge in [0.15, 0.2) is 0 Å². The molecule has 1 aromatic carbocycles. The Bertz CT molecular complexity index is 2610. The number of fused-ring (bicyclic) bond motifs is 6. The number of rotatable bonds is 10. The fourth-order valence-corrected chi connectivity index (χ4v) is 11.6. The zero-order valence-electron chi connectivity index (χ0n) is 45.1. The van der Waals surface area contributed by atoms with Crippen LogP contribution in [0.3, 0.4) is 0 Å². The van der Waals surface area contributed by atoms with Crippen molar-refractivity contribution in [1.29, 1.82) is 0 Å². The number of pyridine rings is 1. The number of methoxy groups -OCH3 is 1. The molecule has 4 amide bonds. The summed E-state index contributed by atoms with van der Waals surface area (Å²) in [6, 6.07) is 7.63. The molecule has 2 N–H and O–H groups in total. The van der Waals surface area contributed by atoms with Gasteiger partial charge in [-0.1, -0.05) is 33.6 Å². The lowest BCUT2D eigenvalue weighted by Crippen LogP contribution is -2.63. The van der Waals surface area contributed by atoms with Gasteiger partial charge in [-0.3, -0.25) is 38.9 Å². The van der Waals surface area contributed by atoms with Crippen molar-refractivity contribution in [2.75, 3.05) is 71.5 Å². The van der Waals surface area contributed by atoms with Gasteiger partial charge < -0.3 is 38.8 Å². The van der Waals surface area contributed by atoms with Gasteiger partial charge in [0, 0.05) is 100 Å². The number of cyclic esters (lactones) is 1. The molecule has 0 radical (unpaired) electrons. The Labute approximate surface area is 431 Å². The number of likely N-dealkylation sites (tertiary alicyclic amines) is 2. The number of nitrogens with one attached hydrogen (secondary N) is 2. The van der Waals surface area contributed by atoms with Crippen LogP contribution in [-0.4, -0.2) is 161 Å². The highest BCUT2D eigenvalue weighted by atomic mass is 16.5. The van der Waals surface area contributed by atoms with Crippen molar-refractivity contribution in [3.05, 3.63) is 47.8 Å². The predicted octanol–water partition coefficient (Wildman–Crippen LogP) is 5.34. The molecule has 0 spiro atoms. The molecule has 396 valence electrons. The summed E-state index contributed by atoms with van der Waals surface area (Å²) in [5.41, 5.74) is 8.34. The summed E-state index contributed by atoms with van der Waals surface area (Å²) in [5, 5.41) is 5.64. The summed E-state index contributed by atoms with van der Waals surface area (Å²) < 4.78 is 20.9. The van der Waals surface area contributed by atoms with Crippen molar-refractivity contribution in [2.45, 2.75) is 149 Å². The number of carbonyl (C=O) groups is 5. The lowest BCUT2D eigenvalue weighted by atomic mass is 9.84. The lowest BCUT2D eigenvalue weighted by molar-refractivity contribution is -0.156. The Hall–Kier alpha value is -5.54. The van der Waals surface area contributed by atoms with E-state index in [0.717, 1.165) is 58.6 Å². The molecule has 4 saturated heterocycles. The normalized spacial score (nSPS) is 24.8. The molecule has 0 saturated carbocycles. The highest BCUT2D eigenvalue weighted by Gasteiger charge is 2.43. The number of hydrazine groups is 1. The number of hydrogen-bond acceptors (Lipinski definition) is 12. The van der Waals surface area contributed by atoms with Crippen molar-refractivity contribution >= 4 is 46.2 Å². The molecular formula is C56H79N9O8. The second-order valence-electron chi connectivity index (χ2n) is 22.5. The van der Waals surface area contributed by atoms with E-state index in [-0.39, 0.29) is 49.5 Å². The molecule has 2 aromatic heterocycles. The van der Waals surface area contributed by atoms with E-state index in [9.17, 15) is 24.0 Å². The minimum atomic E-state index is -1.08. The fraction of sp³-hybridized carbons (Fsp3) is 0.643. The Morgan fingerprint density at radius 1 is 1.05 bits per heavy atom. The van der Waals surface area contributed by atoms with Crippen molar-refractivity contribution in [1.82, 2.24) is 40.0 Å². The number of likely N-dealkylation sites (N-methyl/N-ethyl adjacent to an activating group) is 1. The summed E-state index contributed by atoms with van der Waals surface area (Å²) in [7, 11) is 3.32. The summed E-state index contributed by atoms with van der Waals surface area (Å²) in [6.45, 7) is 22.9. The number of aromatic nitrogens is 2. The number of esters is 1. The third-order valence-corrected chi connectivity index (χ3v) is 16.0. The Morgan fingerprint density at radius 2 is 1.82 bits per heavy atom. The Kier molecular flexibility index (Phi) is 16.3. The van der Waals surface area contributed by atoms with E-state index in [1.54, 1.807) is 25.3 Å². The van der Waals surface area contributed by atoms with Gasteiger partial charge in [0.05, 0.1) is 54.3 Å². The van der Waals surface area contributed by atoms with Gasteiger partial charge in [0.25, 0.3) is 11.8 Å². The molecule has 1 unspecified atom stereocenters. The van der Waals surface area contributed by atoms with Crippen LogP contribution in [0.15, 0.2) is 36.5 Å². The summed E-state index contributed by atoms with van der Waals surface area (Å²) in [4.78, 5) is 83.8. The van der Waals surface area contributed by atoms with Crippen LogP contribution in [0.4, 0.5) is 5.69 Å². The highest BCUT2D eigenvalue weighted by molar-refractivity contribution is 5.96. The zero-order valence-corrected chi connectivity index (χ0v) is 45.1. The lowest BCUT2D eigenvalue weighted by Gasteiger charge is -2.43. The van der Waals surface area contributed by atoms with Crippen LogP contribution in [0, 0.1) is 29.1 Å². The van der Waals surface area contributed by atoms with Gasteiger partial charge >= 0.3 is 5.97 Å². The molecule has 17 heteroatoms. The Morgan fingerprint density at radius 3 is 2.52 bits per heavy atom. The van der Waals surface area contributed by atoms with Gasteiger partial charge in [-0.25, -0.2) is 5.43 Å². The van der Waals surface area contributed by atoms with Gasteiger partial charge in [0.2, 0.25) is 11.8 Å². The molecule has 0 aliphatic carbocycles. The van der Waals surface area contributed by atoms with Gasteiger partial charge in [-0.15, -0.1) is 0 Å². The van der Waals surface area contributed by atoms with Crippen molar-refractivity contribution < 1.29 is 38.2 Å². The van der Waals surface area contributed by atoms with Crippen LogP contribution < -0.4 is 15.6 Å². The maximum Gasteiger partial charge on any atom is 0.324 e. The van der Waals surface area contributed by atoms with Crippen LogP contribution in [-0.2, 0) is 51.1 Å². The van der Waals surface area contributed by atoms with E-state index in [1.165, 1.54) is 9.91 Å². The SMILES string of the molecule is CCn1c(-c2cccnc2[C@H](C)OC)c2c3cc(ccc31)N1CCO[C@@H](C[C@H](NC(=O)C(C(C)C)N(C)C(=O)[C@H]3CCN(C(=O)C#CC(C)(C)N4CCC4)C3)C(=O)N3CCC[C@H](N3)C(=O)OCC(C)(C)C2)[C@H]1C. The number of carbonyl (C=O) groups excluding carboxylic acids is 5. The molecule has 5 aliphatic rings. The van der Waals surface area contributed by atoms with Crippen LogP contribution in [0.2, 0.25) is 0 Å². The monoisotopic (exact) mass is 1010 g/mol. The Balaban J connectivity index is 1.09. The van der Waals surface area contributed by atoms with E-state index >= 15 is 0 Å². The number of amides is 4. The first-order chi connectivity index (χ1) is 34.7. The minimum Gasteiger partial charge on any atom is -0.464 e. The predicted molar refractivity (Wildman–Crippen MR) is 280 cm³/mol. The molecule has 17 nitrogen and oxygen atoms in total. The number of benzene rings is 1. The third kappa shape index (κ3) is 11.3. The van der Waals surface area contributed by atoms with Crippen LogP contribution >= 0.6 is 0 Å². The molecule has 4 fully saturated rings. The molecule has 3 aromatic rings. The number of ether oxygens (including phenoxy) is 3. The fourth-order valence-electron chi connectivity index (χ4n) is 11.6. The number of morpholine rings is 1. The first kappa shape index (κ1) is 53.7. The second-order valence-corrected chi connectivity index (χ2v) is 22.5. The first-order valence-corrected chi connectivity index (χ1v) is 26.6. The van der Waals surface area contributed by atoms with Gasteiger partial charge in [-0.2, -0.15) is 0 Å². The maximum atomic E-state index is 14.9. The van der Waals surface area contributed by atoms with E-state index < -0.39 is 58.9 Å². The number of aryl methyl sites for hydroxylation is 1. The molecule has 5 aliphatic heterocycles. The molecule has 7 atom stereocenters. The van der Waals surface area contributed by atoms with Crippen molar-refractivity contribution in [2.24, 2.45) is 17.3 Å². The number of anilines is 1. The first-order valence-electron chi connectivity index (χ1n) is 26.6. The van der Waals surface area contributed by atoms with Crippen LogP contribution in [0.5, 0.6) is 0 Å². The zero-order chi connectivity index (χ0) is 52.5. The second kappa shape index (κ2) is 22.1. The third-order valence-electron chi connectivity index (χ3n) is 16.0.